The SMILES string of the molecule is Cc1ccc(S(=O)(=O)c2csc3c2NC(=O)C[C@@H]3c2cccc(OCC(C)C)c2)cc1. The monoisotopic (exact) mass is 455 g/mol. The molecule has 1 N–H and O–H groups in total. The molecule has 0 saturated carbocycles. The second-order valence-corrected chi connectivity index (χ2v) is 11.1. The Kier molecular flexibility index (Phi) is 5.90. The van der Waals surface area contributed by atoms with Gasteiger partial charge < -0.3 is 10.1 Å². The van der Waals surface area contributed by atoms with E-state index in [0.717, 1.165) is 21.8 Å². The zero-order valence-corrected chi connectivity index (χ0v) is 19.3. The van der Waals surface area contributed by atoms with Crippen LogP contribution in [0.1, 0.15) is 42.2 Å². The number of rotatable bonds is 6. The number of ether oxygens (including phenoxy) is 1. The Morgan fingerprint density at radius 2 is 1.90 bits per heavy atom. The van der Waals surface area contributed by atoms with Gasteiger partial charge in [-0.2, -0.15) is 0 Å². The number of thiophene rings is 1. The highest BCUT2D eigenvalue weighted by Gasteiger charge is 2.34. The highest BCUT2D eigenvalue weighted by Crippen LogP contribution is 2.46. The lowest BCUT2D eigenvalue weighted by Gasteiger charge is -2.24. The van der Waals surface area contributed by atoms with Crippen LogP contribution < -0.4 is 10.1 Å². The summed E-state index contributed by atoms with van der Waals surface area (Å²) in [7, 11) is -3.74. The number of anilines is 1. The third kappa shape index (κ3) is 4.38. The summed E-state index contributed by atoms with van der Waals surface area (Å²) in [5, 5.41) is 4.45. The van der Waals surface area contributed by atoms with Crippen LogP contribution in [0.25, 0.3) is 0 Å². The molecule has 5 nitrogen and oxygen atoms in total. The van der Waals surface area contributed by atoms with Crippen molar-refractivity contribution in [1.82, 2.24) is 0 Å². The third-order valence-electron chi connectivity index (χ3n) is 5.22. The van der Waals surface area contributed by atoms with Crippen molar-refractivity contribution < 1.29 is 17.9 Å². The van der Waals surface area contributed by atoms with Crippen LogP contribution >= 0.6 is 11.3 Å². The number of benzene rings is 2. The summed E-state index contributed by atoms with van der Waals surface area (Å²) < 4.78 is 32.4. The van der Waals surface area contributed by atoms with Crippen molar-refractivity contribution in [1.29, 1.82) is 0 Å². The van der Waals surface area contributed by atoms with Crippen molar-refractivity contribution in [3.8, 4) is 5.75 Å². The average Bonchev–Trinajstić information content (AvgIpc) is 3.16. The molecule has 3 aromatic rings. The zero-order chi connectivity index (χ0) is 22.2. The summed E-state index contributed by atoms with van der Waals surface area (Å²) in [6, 6.07) is 14.5. The Labute approximate surface area is 187 Å². The van der Waals surface area contributed by atoms with E-state index < -0.39 is 9.84 Å². The fourth-order valence-corrected chi connectivity index (χ4v) is 6.51. The van der Waals surface area contributed by atoms with Crippen molar-refractivity contribution in [2.45, 2.75) is 42.9 Å². The number of fused-ring (bicyclic) bond motifs is 1. The van der Waals surface area contributed by atoms with Gasteiger partial charge in [-0.05, 0) is 42.7 Å². The number of hydrogen-bond acceptors (Lipinski definition) is 5. The van der Waals surface area contributed by atoms with Gasteiger partial charge >= 0.3 is 0 Å². The van der Waals surface area contributed by atoms with E-state index in [1.807, 2.05) is 31.2 Å². The summed E-state index contributed by atoms with van der Waals surface area (Å²) in [6.45, 7) is 6.69. The molecule has 1 aromatic heterocycles. The molecular weight excluding hydrogens is 430 g/mol. The second-order valence-electron chi connectivity index (χ2n) is 8.24. The maximum Gasteiger partial charge on any atom is 0.225 e. The van der Waals surface area contributed by atoms with E-state index in [2.05, 4.69) is 19.2 Å². The Bertz CT molecular complexity index is 1210. The molecule has 2 aromatic carbocycles. The van der Waals surface area contributed by atoms with Gasteiger partial charge in [-0.25, -0.2) is 8.42 Å². The summed E-state index contributed by atoms with van der Waals surface area (Å²) >= 11 is 1.37. The average molecular weight is 456 g/mol. The van der Waals surface area contributed by atoms with Crippen LogP contribution in [-0.2, 0) is 14.6 Å². The lowest BCUT2D eigenvalue weighted by atomic mass is 9.90. The third-order valence-corrected chi connectivity index (χ3v) is 8.26. The van der Waals surface area contributed by atoms with Crippen molar-refractivity contribution in [3.63, 3.8) is 0 Å². The molecule has 4 rings (SSSR count). The van der Waals surface area contributed by atoms with Crippen LogP contribution in [0.5, 0.6) is 5.75 Å². The number of aryl methyl sites for hydroxylation is 1. The normalized spacial score (nSPS) is 16.1. The highest BCUT2D eigenvalue weighted by molar-refractivity contribution is 7.91. The predicted molar refractivity (Wildman–Crippen MR) is 123 cm³/mol. The Balaban J connectivity index is 1.72. The standard InChI is InChI=1S/C24H25NO4S2/c1-15(2)13-29-18-6-4-5-17(11-18)20-12-22(26)25-23-21(14-30-24(20)23)31(27,28)19-9-7-16(3)8-10-19/h4-11,14-15,20H,12-13H2,1-3H3,(H,25,26)/t20-/m1/s1. The minimum atomic E-state index is -3.74. The van der Waals surface area contributed by atoms with Gasteiger partial charge in [0.05, 0.1) is 17.2 Å². The van der Waals surface area contributed by atoms with Crippen molar-refractivity contribution in [2.75, 3.05) is 11.9 Å². The van der Waals surface area contributed by atoms with Crippen molar-refractivity contribution in [3.05, 3.63) is 69.9 Å². The molecular formula is C24H25NO4S2. The fourth-order valence-electron chi connectivity index (χ4n) is 3.60. The van der Waals surface area contributed by atoms with Gasteiger partial charge in [0.1, 0.15) is 10.6 Å². The van der Waals surface area contributed by atoms with Gasteiger partial charge in [-0.15, -0.1) is 11.3 Å². The second kappa shape index (κ2) is 8.48. The molecule has 0 bridgehead atoms. The van der Waals surface area contributed by atoms with Crippen LogP contribution in [0.3, 0.4) is 0 Å². The first-order valence-electron chi connectivity index (χ1n) is 10.2. The quantitative estimate of drug-likeness (QED) is 0.540. The molecule has 0 unspecified atom stereocenters. The topological polar surface area (TPSA) is 72.5 Å². The molecule has 0 fully saturated rings. The predicted octanol–water partition coefficient (Wildman–Crippen LogP) is 5.40. The lowest BCUT2D eigenvalue weighted by Crippen LogP contribution is -2.23. The minimum absolute atomic E-state index is 0.154. The first-order chi connectivity index (χ1) is 14.8. The number of hydrogen-bond donors (Lipinski definition) is 1. The van der Waals surface area contributed by atoms with Crippen molar-refractivity contribution in [2.24, 2.45) is 5.92 Å². The van der Waals surface area contributed by atoms with E-state index >= 15 is 0 Å². The van der Waals surface area contributed by atoms with E-state index in [1.54, 1.807) is 29.6 Å². The van der Waals surface area contributed by atoms with Gasteiger partial charge in [0.15, 0.2) is 0 Å². The van der Waals surface area contributed by atoms with E-state index in [1.165, 1.54) is 11.3 Å². The first kappa shape index (κ1) is 21.6. The number of carbonyl (C=O) groups is 1. The molecule has 2 heterocycles. The molecule has 7 heteroatoms. The number of amides is 1. The van der Waals surface area contributed by atoms with Gasteiger partial charge in [-0.3, -0.25) is 4.79 Å². The molecule has 1 aliphatic heterocycles. The Morgan fingerprint density at radius 1 is 1.16 bits per heavy atom. The van der Waals surface area contributed by atoms with Crippen molar-refractivity contribution >= 4 is 32.8 Å². The molecule has 0 radical (unpaired) electrons. The maximum absolute atomic E-state index is 13.3. The van der Waals surface area contributed by atoms with Crippen LogP contribution in [0.15, 0.2) is 63.7 Å². The van der Waals surface area contributed by atoms with Gasteiger partial charge in [0.25, 0.3) is 0 Å². The summed E-state index contributed by atoms with van der Waals surface area (Å²) in [4.78, 5) is 13.8. The highest BCUT2D eigenvalue weighted by atomic mass is 32.2. The van der Waals surface area contributed by atoms with Crippen LogP contribution in [-0.4, -0.2) is 20.9 Å². The van der Waals surface area contributed by atoms with E-state index in [0.29, 0.717) is 18.2 Å². The number of carbonyl (C=O) groups excluding carboxylic acids is 1. The first-order valence-corrected chi connectivity index (χ1v) is 12.6. The van der Waals surface area contributed by atoms with Gasteiger partial charge in [0, 0.05) is 22.6 Å². The van der Waals surface area contributed by atoms with Crippen LogP contribution in [0.4, 0.5) is 5.69 Å². The Hall–Kier alpha value is -2.64. The Morgan fingerprint density at radius 3 is 2.61 bits per heavy atom. The lowest BCUT2D eigenvalue weighted by molar-refractivity contribution is -0.116. The van der Waals surface area contributed by atoms with Crippen LogP contribution in [0.2, 0.25) is 0 Å². The summed E-state index contributed by atoms with van der Waals surface area (Å²) in [5.74, 6) is 0.758. The maximum atomic E-state index is 13.3. The summed E-state index contributed by atoms with van der Waals surface area (Å²) in [6.07, 6.45) is 0.269. The molecule has 31 heavy (non-hydrogen) atoms. The van der Waals surface area contributed by atoms with Gasteiger partial charge in [-0.1, -0.05) is 43.7 Å². The minimum Gasteiger partial charge on any atom is -0.493 e. The van der Waals surface area contributed by atoms with Gasteiger partial charge in [0.2, 0.25) is 15.7 Å². The molecule has 1 aliphatic rings. The van der Waals surface area contributed by atoms with E-state index in [-0.39, 0.29) is 28.0 Å². The molecule has 1 atom stereocenters. The molecule has 162 valence electrons. The molecule has 0 aliphatic carbocycles. The molecule has 1 amide bonds. The molecule has 0 spiro atoms. The molecule has 0 saturated heterocycles. The number of nitrogens with one attached hydrogen (secondary N) is 1. The smallest absolute Gasteiger partial charge is 0.225 e. The largest absolute Gasteiger partial charge is 0.493 e. The van der Waals surface area contributed by atoms with E-state index in [9.17, 15) is 13.2 Å². The van der Waals surface area contributed by atoms with E-state index in [4.69, 9.17) is 4.74 Å². The summed E-state index contributed by atoms with van der Waals surface area (Å²) in [5.41, 5.74) is 2.33. The fraction of sp³-hybridized carbons (Fsp3) is 0.292. The zero-order valence-electron chi connectivity index (χ0n) is 17.7. The van der Waals surface area contributed by atoms with Crippen LogP contribution in [0, 0.1) is 12.8 Å². The number of sulfone groups is 1.